The zero-order chi connectivity index (χ0) is 35.5. The molecular weight excluding hydrogens is 704 g/mol. The minimum absolute atomic E-state index is 0. The molecule has 5 aromatic carbocycles. The number of hydrogen-bond acceptors (Lipinski definition) is 11. The summed E-state index contributed by atoms with van der Waals surface area (Å²) in [6, 6.07) is 32.3. The molecule has 1 aromatic heterocycles. The van der Waals surface area contributed by atoms with Crippen molar-refractivity contribution in [1.82, 2.24) is 9.78 Å². The van der Waals surface area contributed by atoms with Gasteiger partial charge in [-0.05, 0) is 110 Å². The molecule has 6 aromatic rings. The maximum atomic E-state index is 12.9. The summed E-state index contributed by atoms with van der Waals surface area (Å²) in [5.74, 6) is -0.373. The van der Waals surface area contributed by atoms with Crippen LogP contribution in [0.5, 0.6) is 11.6 Å². The van der Waals surface area contributed by atoms with E-state index in [0.717, 1.165) is 21.4 Å². The van der Waals surface area contributed by atoms with Crippen molar-refractivity contribution in [2.75, 3.05) is 0 Å². The van der Waals surface area contributed by atoms with Gasteiger partial charge in [-0.1, -0.05) is 42.0 Å². The van der Waals surface area contributed by atoms with Crippen molar-refractivity contribution in [2.24, 2.45) is 20.5 Å². The predicted octanol–water partition coefficient (Wildman–Crippen LogP) is 5.08. The van der Waals surface area contributed by atoms with Gasteiger partial charge in [-0.2, -0.15) is 37.3 Å². The first-order chi connectivity index (χ1) is 23.9. The van der Waals surface area contributed by atoms with Crippen LogP contribution in [0.3, 0.4) is 0 Å². The van der Waals surface area contributed by atoms with E-state index in [1.807, 2.05) is 43.3 Å². The summed E-state index contributed by atoms with van der Waals surface area (Å²) >= 11 is 0. The molecule has 0 aliphatic heterocycles. The number of benzene rings is 5. The molecule has 0 atom stereocenters. The van der Waals surface area contributed by atoms with Crippen LogP contribution in [0.15, 0.2) is 152 Å². The second kappa shape index (κ2) is 15.5. The smallest absolute Gasteiger partial charge is 0.857 e. The van der Waals surface area contributed by atoms with E-state index in [2.05, 4.69) is 25.6 Å². The Morgan fingerprint density at radius 1 is 0.627 bits per heavy atom. The van der Waals surface area contributed by atoms with Gasteiger partial charge >= 0.3 is 39.7 Å². The van der Waals surface area contributed by atoms with Gasteiger partial charge in [-0.3, -0.25) is 4.55 Å². The Morgan fingerprint density at radius 2 is 1.08 bits per heavy atom. The van der Waals surface area contributed by atoms with Crippen LogP contribution in [0.2, 0.25) is 0 Å². The van der Waals surface area contributed by atoms with Crippen molar-refractivity contribution >= 4 is 43.0 Å². The number of nitrogens with zero attached hydrogens (tertiary/aromatic N) is 6. The minimum atomic E-state index is -4.37. The minimum Gasteiger partial charge on any atom is -0.857 e. The Balaban J connectivity index is 0.00000504. The molecule has 51 heavy (non-hydrogen) atoms. The van der Waals surface area contributed by atoms with Crippen LogP contribution in [0.1, 0.15) is 11.3 Å². The van der Waals surface area contributed by atoms with E-state index in [1.165, 1.54) is 48.5 Å². The van der Waals surface area contributed by atoms with E-state index in [1.54, 1.807) is 43.3 Å². The van der Waals surface area contributed by atoms with Gasteiger partial charge in [0.2, 0.25) is 0 Å². The molecule has 0 spiro atoms. The predicted molar refractivity (Wildman–Crippen MR) is 183 cm³/mol. The monoisotopic (exact) mass is 730 g/mol. The first kappa shape index (κ1) is 37.2. The summed E-state index contributed by atoms with van der Waals surface area (Å²) in [4.78, 5) is -0.232. The zero-order valence-corrected chi connectivity index (χ0v) is 31.1. The van der Waals surface area contributed by atoms with Crippen molar-refractivity contribution in [2.45, 2.75) is 23.6 Å². The Kier molecular flexibility index (Phi) is 11.3. The van der Waals surface area contributed by atoms with Gasteiger partial charge < -0.3 is 9.29 Å². The van der Waals surface area contributed by atoms with Gasteiger partial charge in [0.15, 0.2) is 0 Å². The average molecular weight is 731 g/mol. The van der Waals surface area contributed by atoms with Crippen LogP contribution < -0.4 is 38.8 Å². The number of azo groups is 2. The van der Waals surface area contributed by atoms with Crippen LogP contribution in [-0.2, 0) is 20.2 Å². The summed E-state index contributed by atoms with van der Waals surface area (Å²) in [5, 5.41) is 33.9. The van der Waals surface area contributed by atoms with Crippen LogP contribution in [-0.4, -0.2) is 31.2 Å². The molecule has 0 fully saturated rings. The van der Waals surface area contributed by atoms with Crippen LogP contribution >= 0.6 is 0 Å². The van der Waals surface area contributed by atoms with E-state index < -0.39 is 26.1 Å². The maximum absolute atomic E-state index is 12.9. The van der Waals surface area contributed by atoms with E-state index in [9.17, 15) is 26.5 Å². The molecule has 1 heterocycles. The maximum Gasteiger partial charge on any atom is 1.00 e. The topological polar surface area (TPSA) is 188 Å². The van der Waals surface area contributed by atoms with E-state index in [4.69, 9.17) is 4.18 Å². The Bertz CT molecular complexity index is 2430. The fourth-order valence-electron chi connectivity index (χ4n) is 4.66. The molecule has 0 saturated carbocycles. The van der Waals surface area contributed by atoms with Gasteiger partial charge in [0.05, 0.1) is 33.3 Å². The summed E-state index contributed by atoms with van der Waals surface area (Å²) in [6.45, 7) is 3.48. The SMILES string of the molecule is Cc1ccc(S(=O)(=O)Oc2ccc(N=Nc3ccc(-c4ccc(N=Nc5c(C)nn(-c6ccc(S(=O)(=O)O)cc6)c5[O-])cc4)cc3)cc2)cc1.[Na+]. The average Bonchev–Trinajstić information content (AvgIpc) is 3.39. The molecule has 252 valence electrons. The third-order valence-electron chi connectivity index (χ3n) is 7.33. The molecule has 6 rings (SSSR count). The molecule has 0 unspecified atom stereocenters. The summed E-state index contributed by atoms with van der Waals surface area (Å²) < 4.78 is 63.1. The van der Waals surface area contributed by atoms with Crippen LogP contribution in [0, 0.1) is 13.8 Å². The fraction of sp³-hybridized carbons (Fsp3) is 0.0571. The number of aryl methyl sites for hydroxylation is 2. The first-order valence-electron chi connectivity index (χ1n) is 14.9. The van der Waals surface area contributed by atoms with Crippen molar-refractivity contribution in [3.05, 3.63) is 133 Å². The summed E-state index contributed by atoms with van der Waals surface area (Å²) in [7, 11) is -8.32. The Hall–Kier alpha value is -5.03. The van der Waals surface area contributed by atoms with Gasteiger partial charge in [-0.25, -0.2) is 4.68 Å². The second-order valence-electron chi connectivity index (χ2n) is 11.0. The van der Waals surface area contributed by atoms with Crippen molar-refractivity contribution < 1.29 is 60.2 Å². The molecule has 1 N–H and O–H groups in total. The van der Waals surface area contributed by atoms with Gasteiger partial charge in [-0.15, -0.1) is 5.11 Å². The van der Waals surface area contributed by atoms with Gasteiger partial charge in [0, 0.05) is 5.88 Å². The molecule has 0 bridgehead atoms. The molecule has 0 amide bonds. The van der Waals surface area contributed by atoms with Crippen molar-refractivity contribution in [3.8, 4) is 28.4 Å². The number of rotatable bonds is 10. The van der Waals surface area contributed by atoms with Crippen LogP contribution in [0.4, 0.5) is 22.7 Å². The second-order valence-corrected chi connectivity index (χ2v) is 13.9. The normalized spacial score (nSPS) is 11.9. The molecule has 0 aliphatic rings. The Labute approximate surface area is 316 Å². The quantitative estimate of drug-likeness (QED) is 0.0874. The molecule has 16 heteroatoms. The largest absolute Gasteiger partial charge is 1.00 e. The third-order valence-corrected chi connectivity index (χ3v) is 9.46. The zero-order valence-electron chi connectivity index (χ0n) is 27.4. The van der Waals surface area contributed by atoms with E-state index in [-0.39, 0.29) is 50.8 Å². The molecule has 0 radical (unpaired) electrons. The third kappa shape index (κ3) is 9.02. The van der Waals surface area contributed by atoms with E-state index in [0.29, 0.717) is 28.4 Å². The molecule has 13 nitrogen and oxygen atoms in total. The Morgan fingerprint density at radius 3 is 1.57 bits per heavy atom. The van der Waals surface area contributed by atoms with Crippen molar-refractivity contribution in [1.29, 1.82) is 0 Å². The summed E-state index contributed by atoms with van der Waals surface area (Å²) in [6.07, 6.45) is 0. The fourth-order valence-corrected chi connectivity index (χ4v) is 6.07. The van der Waals surface area contributed by atoms with Gasteiger partial charge in [0.25, 0.3) is 10.1 Å². The van der Waals surface area contributed by atoms with Crippen molar-refractivity contribution in [3.63, 3.8) is 0 Å². The van der Waals surface area contributed by atoms with Crippen LogP contribution in [0.25, 0.3) is 16.8 Å². The molecular formula is C35H27N6NaO7S2. The van der Waals surface area contributed by atoms with E-state index >= 15 is 0 Å². The standard InChI is InChI=1S/C35H28N6O7S2.Na/c1-23-3-19-33(20-4-23)50(46,47)48-31-17-13-29(14-18-31)37-36-27-9-5-25(6-10-27)26-7-11-28(12-8-26)38-39-34-24(2)40-41(35(34)42)30-15-21-32(22-16-30)49(43,44)45;/h3-22,42H,1-2H3,(H,43,44,45);/q;+1/p-1. The number of hydrogen-bond donors (Lipinski definition) is 1. The summed E-state index contributed by atoms with van der Waals surface area (Å²) in [5.41, 5.74) is 5.07. The molecule has 0 aliphatic carbocycles. The molecule has 0 saturated heterocycles. The first-order valence-corrected chi connectivity index (χ1v) is 17.7. The van der Waals surface area contributed by atoms with Gasteiger partial charge in [0.1, 0.15) is 16.3 Å². The number of aromatic nitrogens is 2.